The first kappa shape index (κ1) is 14.7. The van der Waals surface area contributed by atoms with Crippen molar-refractivity contribution in [2.45, 2.75) is 25.2 Å². The molecule has 0 amide bonds. The zero-order valence-corrected chi connectivity index (χ0v) is 12.4. The van der Waals surface area contributed by atoms with Gasteiger partial charge in [0, 0.05) is 10.5 Å². The van der Waals surface area contributed by atoms with Crippen molar-refractivity contribution in [3.8, 4) is 0 Å². The van der Waals surface area contributed by atoms with Crippen molar-refractivity contribution in [2.24, 2.45) is 5.92 Å². The third kappa shape index (κ3) is 5.17. The van der Waals surface area contributed by atoms with E-state index in [0.29, 0.717) is 11.7 Å². The highest BCUT2D eigenvalue weighted by atomic mass is 32.2. The molecule has 0 aromatic heterocycles. The van der Waals surface area contributed by atoms with Crippen LogP contribution in [0, 0.1) is 5.92 Å². The van der Waals surface area contributed by atoms with Crippen LogP contribution in [-0.2, 0) is 0 Å². The van der Waals surface area contributed by atoms with E-state index in [-0.39, 0.29) is 5.78 Å². The number of ketones is 1. The molecule has 0 bridgehead atoms. The van der Waals surface area contributed by atoms with Gasteiger partial charge in [-0.05, 0) is 30.1 Å². The summed E-state index contributed by atoms with van der Waals surface area (Å²) in [6.07, 6.45) is 3.22. The average Bonchev–Trinajstić information content (AvgIpc) is 2.38. The number of Topliss-reactive ketones (excluding diaryl/α,β-unsaturated/α-hetero) is 1. The Kier molecular flexibility index (Phi) is 6.75. The summed E-state index contributed by atoms with van der Waals surface area (Å²) >= 11 is 3.44. The van der Waals surface area contributed by atoms with E-state index in [1.165, 1.54) is 11.3 Å². The molecule has 1 aromatic carbocycles. The molecule has 1 rings (SSSR count). The van der Waals surface area contributed by atoms with Gasteiger partial charge in [-0.2, -0.15) is 11.8 Å². The van der Waals surface area contributed by atoms with Gasteiger partial charge in [0.15, 0.2) is 5.78 Å². The Bertz CT molecular complexity index is 346. The van der Waals surface area contributed by atoms with E-state index in [1.54, 1.807) is 23.5 Å². The van der Waals surface area contributed by atoms with Crippen molar-refractivity contribution in [1.82, 2.24) is 0 Å². The summed E-state index contributed by atoms with van der Waals surface area (Å²) < 4.78 is 0. The van der Waals surface area contributed by atoms with E-state index in [9.17, 15) is 4.79 Å². The molecule has 0 spiro atoms. The number of thioether (sulfide) groups is 2. The molecule has 3 heteroatoms. The average molecular weight is 268 g/mol. The van der Waals surface area contributed by atoms with Gasteiger partial charge in [-0.3, -0.25) is 4.79 Å². The molecule has 0 N–H and O–H groups in total. The summed E-state index contributed by atoms with van der Waals surface area (Å²) in [6, 6.07) is 7.88. The summed E-state index contributed by atoms with van der Waals surface area (Å²) in [5.41, 5.74) is 0.833. The van der Waals surface area contributed by atoms with Gasteiger partial charge in [-0.1, -0.05) is 32.4 Å². The van der Waals surface area contributed by atoms with E-state index >= 15 is 0 Å². The first-order valence-corrected chi connectivity index (χ1v) is 8.30. The summed E-state index contributed by atoms with van der Waals surface area (Å²) in [5.74, 6) is 2.62. The lowest BCUT2D eigenvalue weighted by atomic mass is 10.1. The Balaban J connectivity index is 2.41. The maximum Gasteiger partial charge on any atom is 0.172 e. The molecule has 0 heterocycles. The molecule has 1 unspecified atom stereocenters. The largest absolute Gasteiger partial charge is 0.293 e. The van der Waals surface area contributed by atoms with Crippen LogP contribution in [0.1, 0.15) is 30.6 Å². The summed E-state index contributed by atoms with van der Waals surface area (Å²) in [5, 5.41) is 0. The van der Waals surface area contributed by atoms with E-state index < -0.39 is 0 Å². The summed E-state index contributed by atoms with van der Waals surface area (Å²) in [4.78, 5) is 13.1. The van der Waals surface area contributed by atoms with Crippen LogP contribution < -0.4 is 0 Å². The second-order valence-electron chi connectivity index (χ2n) is 4.18. The van der Waals surface area contributed by atoms with Crippen LogP contribution in [0.15, 0.2) is 29.2 Å². The Morgan fingerprint density at radius 1 is 1.29 bits per heavy atom. The number of hydrogen-bond acceptors (Lipinski definition) is 3. The van der Waals surface area contributed by atoms with Crippen molar-refractivity contribution in [3.63, 3.8) is 0 Å². The van der Waals surface area contributed by atoms with E-state index in [0.717, 1.165) is 11.3 Å². The van der Waals surface area contributed by atoms with Gasteiger partial charge in [0.25, 0.3) is 0 Å². The molecule has 1 atom stereocenters. The fourth-order valence-corrected chi connectivity index (χ4v) is 2.85. The summed E-state index contributed by atoms with van der Waals surface area (Å²) in [7, 11) is 0. The van der Waals surface area contributed by atoms with E-state index in [1.807, 2.05) is 30.5 Å². The molecule has 0 fully saturated rings. The van der Waals surface area contributed by atoms with Gasteiger partial charge in [-0.25, -0.2) is 0 Å². The number of carbonyl (C=O) groups is 1. The van der Waals surface area contributed by atoms with Crippen molar-refractivity contribution in [2.75, 3.05) is 17.8 Å². The maximum absolute atomic E-state index is 11.9. The predicted molar refractivity (Wildman–Crippen MR) is 79.3 cm³/mol. The fourth-order valence-electron chi connectivity index (χ4n) is 1.33. The molecule has 17 heavy (non-hydrogen) atoms. The molecule has 0 aliphatic carbocycles. The molecule has 0 radical (unpaired) electrons. The normalized spacial score (nSPS) is 12.4. The Labute approximate surface area is 113 Å². The smallest absolute Gasteiger partial charge is 0.172 e. The van der Waals surface area contributed by atoms with Gasteiger partial charge in [0.2, 0.25) is 0 Å². The van der Waals surface area contributed by atoms with Crippen molar-refractivity contribution >= 4 is 29.3 Å². The van der Waals surface area contributed by atoms with Gasteiger partial charge in [-0.15, -0.1) is 11.8 Å². The summed E-state index contributed by atoms with van der Waals surface area (Å²) in [6.45, 7) is 4.42. The molecule has 0 aliphatic heterocycles. The maximum atomic E-state index is 11.9. The van der Waals surface area contributed by atoms with Crippen LogP contribution in [0.4, 0.5) is 0 Å². The van der Waals surface area contributed by atoms with Crippen molar-refractivity contribution < 1.29 is 4.79 Å². The molecular weight excluding hydrogens is 248 g/mol. The minimum absolute atomic E-state index is 0.242. The number of hydrogen-bond donors (Lipinski definition) is 0. The van der Waals surface area contributed by atoms with Crippen LogP contribution in [0.3, 0.4) is 0 Å². The lowest BCUT2D eigenvalue weighted by Crippen LogP contribution is -2.05. The fraction of sp³-hybridized carbons (Fsp3) is 0.500. The van der Waals surface area contributed by atoms with E-state index in [2.05, 4.69) is 13.8 Å². The van der Waals surface area contributed by atoms with Crippen LogP contribution >= 0.6 is 23.5 Å². The molecule has 94 valence electrons. The van der Waals surface area contributed by atoms with Crippen LogP contribution in [0.2, 0.25) is 0 Å². The quantitative estimate of drug-likeness (QED) is 0.540. The second kappa shape index (κ2) is 7.83. The number of rotatable bonds is 7. The highest BCUT2D eigenvalue weighted by Gasteiger charge is 2.07. The molecular formula is C14H20OS2. The lowest BCUT2D eigenvalue weighted by molar-refractivity contribution is 0.102. The SMILES string of the molecule is CCC(C)CSCC(=O)c1ccc(SC)cc1. The van der Waals surface area contributed by atoms with Crippen LogP contribution in [-0.4, -0.2) is 23.5 Å². The molecule has 0 aliphatic rings. The highest BCUT2D eigenvalue weighted by molar-refractivity contribution is 8.00. The second-order valence-corrected chi connectivity index (χ2v) is 6.09. The van der Waals surface area contributed by atoms with Crippen molar-refractivity contribution in [1.29, 1.82) is 0 Å². The molecule has 0 saturated heterocycles. The van der Waals surface area contributed by atoms with Gasteiger partial charge < -0.3 is 0 Å². The van der Waals surface area contributed by atoms with E-state index in [4.69, 9.17) is 0 Å². The first-order valence-electron chi connectivity index (χ1n) is 5.92. The standard InChI is InChI=1S/C14H20OS2/c1-4-11(2)9-17-10-14(15)12-5-7-13(16-3)8-6-12/h5-8,11H,4,9-10H2,1-3H3. The Hall–Kier alpha value is -0.410. The predicted octanol–water partition coefficient (Wildman–Crippen LogP) is 4.37. The molecule has 1 nitrogen and oxygen atoms in total. The molecule has 0 saturated carbocycles. The first-order chi connectivity index (χ1) is 8.17. The highest BCUT2D eigenvalue weighted by Crippen LogP contribution is 2.17. The zero-order valence-electron chi connectivity index (χ0n) is 10.7. The minimum Gasteiger partial charge on any atom is -0.293 e. The lowest BCUT2D eigenvalue weighted by Gasteiger charge is -2.07. The van der Waals surface area contributed by atoms with Crippen LogP contribution in [0.25, 0.3) is 0 Å². The van der Waals surface area contributed by atoms with Gasteiger partial charge >= 0.3 is 0 Å². The Morgan fingerprint density at radius 3 is 2.47 bits per heavy atom. The zero-order chi connectivity index (χ0) is 12.7. The van der Waals surface area contributed by atoms with Gasteiger partial charge in [0.05, 0.1) is 5.75 Å². The third-order valence-electron chi connectivity index (χ3n) is 2.74. The number of carbonyl (C=O) groups excluding carboxylic acids is 1. The topological polar surface area (TPSA) is 17.1 Å². The third-order valence-corrected chi connectivity index (χ3v) is 4.76. The molecule has 1 aromatic rings. The van der Waals surface area contributed by atoms with Gasteiger partial charge in [0.1, 0.15) is 0 Å². The van der Waals surface area contributed by atoms with Crippen molar-refractivity contribution in [3.05, 3.63) is 29.8 Å². The Morgan fingerprint density at radius 2 is 1.94 bits per heavy atom. The van der Waals surface area contributed by atoms with Crippen LogP contribution in [0.5, 0.6) is 0 Å². The number of benzene rings is 1. The monoisotopic (exact) mass is 268 g/mol. The minimum atomic E-state index is 0.242.